The zero-order chi connectivity index (χ0) is 27.9. The van der Waals surface area contributed by atoms with Gasteiger partial charge in [0.15, 0.2) is 12.1 Å². The average molecular weight is 535 g/mol. The van der Waals surface area contributed by atoms with E-state index in [0.29, 0.717) is 29.8 Å². The molecule has 1 fully saturated rings. The van der Waals surface area contributed by atoms with Crippen LogP contribution in [0, 0.1) is 6.92 Å². The molecule has 3 amide bonds. The summed E-state index contributed by atoms with van der Waals surface area (Å²) < 4.78 is 5.79. The number of amides is 3. The Bertz CT molecular complexity index is 1480. The number of pyridine rings is 1. The Morgan fingerprint density at radius 2 is 1.62 bits per heavy atom. The van der Waals surface area contributed by atoms with E-state index in [0.717, 1.165) is 16.8 Å². The summed E-state index contributed by atoms with van der Waals surface area (Å²) in [6.07, 6.45) is 0.906. The van der Waals surface area contributed by atoms with Gasteiger partial charge in [0, 0.05) is 36.1 Å². The van der Waals surface area contributed by atoms with Crippen LogP contribution in [0.5, 0.6) is 0 Å². The maximum atomic E-state index is 13.6. The van der Waals surface area contributed by atoms with Gasteiger partial charge in [-0.3, -0.25) is 19.5 Å². The molecule has 202 valence electrons. The molecule has 2 N–H and O–H groups in total. The molecule has 1 aliphatic heterocycles. The highest BCUT2D eigenvalue weighted by atomic mass is 16.6. The fourth-order valence-corrected chi connectivity index (χ4v) is 4.69. The van der Waals surface area contributed by atoms with Crippen molar-refractivity contribution in [2.75, 3.05) is 11.9 Å². The summed E-state index contributed by atoms with van der Waals surface area (Å²) in [6.45, 7) is 2.58. The number of carbonyl (C=O) groups is 3. The molecule has 0 bridgehead atoms. The number of aromatic nitrogens is 1. The summed E-state index contributed by atoms with van der Waals surface area (Å²) in [5.41, 5.74) is 4.61. The number of aryl methyl sites for hydroxylation is 1. The molecule has 0 aliphatic carbocycles. The smallest absolute Gasteiger partial charge is 0.411 e. The van der Waals surface area contributed by atoms with Gasteiger partial charge in [0.1, 0.15) is 0 Å². The largest absolute Gasteiger partial charge is 0.438 e. The lowest BCUT2D eigenvalue weighted by Gasteiger charge is -2.25. The molecule has 4 aromatic rings. The van der Waals surface area contributed by atoms with E-state index in [-0.39, 0.29) is 18.4 Å². The topological polar surface area (TPSA) is 101 Å². The standard InChI is InChI=1S/C32H30N4O4/c1-22-9-5-6-12-25(22)21-36-28(31(38)34-20-18-26-13-7-8-19-33-26)29(40-32(36)39)23-14-16-27(17-15-23)35-30(37)24-10-3-2-4-11-24/h2-17,19,28-29H,18,20-21H2,1H3,(H,34,38)(H,35,37). The first-order valence-corrected chi connectivity index (χ1v) is 13.2. The molecule has 2 atom stereocenters. The van der Waals surface area contributed by atoms with Crippen molar-refractivity contribution < 1.29 is 19.1 Å². The Balaban J connectivity index is 1.35. The molecule has 1 aliphatic rings. The van der Waals surface area contributed by atoms with E-state index >= 15 is 0 Å². The first-order chi connectivity index (χ1) is 19.5. The van der Waals surface area contributed by atoms with Crippen LogP contribution < -0.4 is 10.6 Å². The lowest BCUT2D eigenvalue weighted by atomic mass is 9.99. The Morgan fingerprint density at radius 1 is 0.900 bits per heavy atom. The summed E-state index contributed by atoms with van der Waals surface area (Å²) in [5.74, 6) is -0.531. The van der Waals surface area contributed by atoms with Crippen molar-refractivity contribution in [2.45, 2.75) is 32.0 Å². The van der Waals surface area contributed by atoms with Crippen molar-refractivity contribution in [3.8, 4) is 0 Å². The van der Waals surface area contributed by atoms with E-state index in [9.17, 15) is 14.4 Å². The summed E-state index contributed by atoms with van der Waals surface area (Å²) >= 11 is 0. The van der Waals surface area contributed by atoms with Crippen LogP contribution in [0.25, 0.3) is 0 Å². The van der Waals surface area contributed by atoms with Crippen LogP contribution >= 0.6 is 0 Å². The second-order valence-electron chi connectivity index (χ2n) is 9.61. The van der Waals surface area contributed by atoms with Crippen LogP contribution in [0.15, 0.2) is 103 Å². The van der Waals surface area contributed by atoms with E-state index in [4.69, 9.17) is 4.74 Å². The molecule has 5 rings (SSSR count). The van der Waals surface area contributed by atoms with Gasteiger partial charge in [0.25, 0.3) is 5.91 Å². The van der Waals surface area contributed by atoms with Gasteiger partial charge in [-0.05, 0) is 60.0 Å². The molecule has 0 spiro atoms. The number of carbonyl (C=O) groups excluding carboxylic acids is 3. The molecule has 0 radical (unpaired) electrons. The highest BCUT2D eigenvalue weighted by molar-refractivity contribution is 6.04. The molecule has 8 heteroatoms. The number of ether oxygens (including phenoxy) is 1. The molecular weight excluding hydrogens is 504 g/mol. The van der Waals surface area contributed by atoms with Gasteiger partial charge < -0.3 is 15.4 Å². The fourth-order valence-electron chi connectivity index (χ4n) is 4.69. The molecule has 1 aromatic heterocycles. The van der Waals surface area contributed by atoms with Crippen molar-refractivity contribution in [3.05, 3.63) is 131 Å². The minimum atomic E-state index is -0.874. The van der Waals surface area contributed by atoms with Crippen molar-refractivity contribution in [2.24, 2.45) is 0 Å². The van der Waals surface area contributed by atoms with Gasteiger partial charge in [-0.25, -0.2) is 4.79 Å². The van der Waals surface area contributed by atoms with E-state index in [1.807, 2.05) is 55.5 Å². The van der Waals surface area contributed by atoms with Crippen LogP contribution in [-0.2, 0) is 22.5 Å². The SMILES string of the molecule is Cc1ccccc1CN1C(=O)OC(c2ccc(NC(=O)c3ccccc3)cc2)C1C(=O)NCCc1ccccn1. The number of benzene rings is 3. The zero-order valence-corrected chi connectivity index (χ0v) is 22.1. The minimum Gasteiger partial charge on any atom is -0.438 e. The Kier molecular flexibility index (Phi) is 8.15. The number of hydrogen-bond donors (Lipinski definition) is 2. The number of nitrogens with zero attached hydrogens (tertiary/aromatic N) is 2. The van der Waals surface area contributed by atoms with E-state index in [1.54, 1.807) is 54.7 Å². The molecule has 1 saturated heterocycles. The van der Waals surface area contributed by atoms with Crippen molar-refractivity contribution in [1.82, 2.24) is 15.2 Å². The highest BCUT2D eigenvalue weighted by Crippen LogP contribution is 2.35. The molecule has 2 unspecified atom stereocenters. The highest BCUT2D eigenvalue weighted by Gasteiger charge is 2.47. The van der Waals surface area contributed by atoms with Crippen LogP contribution in [-0.4, -0.2) is 40.4 Å². The summed E-state index contributed by atoms with van der Waals surface area (Å²) in [5, 5.41) is 5.84. The molecule has 40 heavy (non-hydrogen) atoms. The van der Waals surface area contributed by atoms with E-state index in [2.05, 4.69) is 15.6 Å². The van der Waals surface area contributed by atoms with Gasteiger partial charge >= 0.3 is 6.09 Å². The number of cyclic esters (lactones) is 1. The normalized spacial score (nSPS) is 16.3. The van der Waals surface area contributed by atoms with Crippen LogP contribution in [0.2, 0.25) is 0 Å². The van der Waals surface area contributed by atoms with Gasteiger partial charge in [0.05, 0.1) is 6.54 Å². The molecule has 8 nitrogen and oxygen atoms in total. The lowest BCUT2D eigenvalue weighted by molar-refractivity contribution is -0.126. The number of rotatable bonds is 9. The summed E-state index contributed by atoms with van der Waals surface area (Å²) in [4.78, 5) is 45.0. The molecule has 0 saturated carbocycles. The van der Waals surface area contributed by atoms with E-state index in [1.165, 1.54) is 4.90 Å². The average Bonchev–Trinajstić information content (AvgIpc) is 3.31. The number of hydrogen-bond acceptors (Lipinski definition) is 5. The van der Waals surface area contributed by atoms with Crippen LogP contribution in [0.3, 0.4) is 0 Å². The molecular formula is C32H30N4O4. The predicted octanol–water partition coefficient (Wildman–Crippen LogP) is 5.06. The van der Waals surface area contributed by atoms with Gasteiger partial charge in [-0.1, -0.05) is 60.7 Å². The zero-order valence-electron chi connectivity index (χ0n) is 22.1. The van der Waals surface area contributed by atoms with Crippen LogP contribution in [0.4, 0.5) is 10.5 Å². The van der Waals surface area contributed by atoms with Crippen LogP contribution in [0.1, 0.15) is 38.8 Å². The quantitative estimate of drug-likeness (QED) is 0.313. The second-order valence-corrected chi connectivity index (χ2v) is 9.61. The van der Waals surface area contributed by atoms with Gasteiger partial charge in [-0.15, -0.1) is 0 Å². The Hall–Kier alpha value is -4.98. The maximum Gasteiger partial charge on any atom is 0.411 e. The third-order valence-corrected chi connectivity index (χ3v) is 6.89. The first kappa shape index (κ1) is 26.6. The Morgan fingerprint density at radius 3 is 2.35 bits per heavy atom. The first-order valence-electron chi connectivity index (χ1n) is 13.2. The monoisotopic (exact) mass is 534 g/mol. The third kappa shape index (κ3) is 6.18. The van der Waals surface area contributed by atoms with Gasteiger partial charge in [0.2, 0.25) is 5.91 Å². The summed E-state index contributed by atoms with van der Waals surface area (Å²) in [7, 11) is 0. The Labute approximate surface area is 233 Å². The third-order valence-electron chi connectivity index (χ3n) is 6.89. The lowest BCUT2D eigenvalue weighted by Crippen LogP contribution is -2.46. The van der Waals surface area contributed by atoms with Crippen molar-refractivity contribution in [1.29, 1.82) is 0 Å². The molecule has 3 aromatic carbocycles. The summed E-state index contributed by atoms with van der Waals surface area (Å²) in [6, 6.07) is 28.5. The van der Waals surface area contributed by atoms with Crippen molar-refractivity contribution >= 4 is 23.6 Å². The van der Waals surface area contributed by atoms with Gasteiger partial charge in [-0.2, -0.15) is 0 Å². The number of anilines is 1. The second kappa shape index (κ2) is 12.3. The van der Waals surface area contributed by atoms with E-state index < -0.39 is 18.2 Å². The minimum absolute atomic E-state index is 0.227. The predicted molar refractivity (Wildman–Crippen MR) is 152 cm³/mol. The maximum absolute atomic E-state index is 13.6. The van der Waals surface area contributed by atoms with Crippen molar-refractivity contribution in [3.63, 3.8) is 0 Å². The number of nitrogens with one attached hydrogen (secondary N) is 2. The fraction of sp³-hybridized carbons (Fsp3) is 0.188. The molecule has 2 heterocycles.